The summed E-state index contributed by atoms with van der Waals surface area (Å²) >= 11 is 0. The van der Waals surface area contributed by atoms with Gasteiger partial charge in [-0.2, -0.15) is 0 Å². The average molecular weight is 535 g/mol. The Morgan fingerprint density at radius 1 is 0.450 bits per heavy atom. The van der Waals surface area contributed by atoms with Crippen molar-refractivity contribution in [2.75, 3.05) is 26.4 Å². The lowest BCUT2D eigenvalue weighted by atomic mass is 10.1. The molecule has 0 aromatic heterocycles. The summed E-state index contributed by atoms with van der Waals surface area (Å²) < 4.78 is 34.1. The van der Waals surface area contributed by atoms with Crippen molar-refractivity contribution in [3.8, 4) is 23.0 Å². The van der Waals surface area contributed by atoms with Gasteiger partial charge in [0.15, 0.2) is 0 Å². The van der Waals surface area contributed by atoms with Crippen LogP contribution in [0, 0.1) is 0 Å². The van der Waals surface area contributed by atoms with E-state index in [-0.39, 0.29) is 12.2 Å². The molecule has 0 amide bonds. The Bertz CT molecular complexity index is 1500. The van der Waals surface area contributed by atoms with E-state index in [0.29, 0.717) is 26.4 Å². The summed E-state index contributed by atoms with van der Waals surface area (Å²) in [6, 6.07) is 32.8. The predicted octanol–water partition coefficient (Wildman–Crippen LogP) is 6.71. The molecule has 0 spiro atoms. The van der Waals surface area contributed by atoms with Gasteiger partial charge in [-0.3, -0.25) is 0 Å². The summed E-state index contributed by atoms with van der Waals surface area (Å²) in [5, 5.41) is 4.48. The molecular formula is C34H30O6. The monoisotopic (exact) mass is 534 g/mol. The zero-order valence-electron chi connectivity index (χ0n) is 22.1. The zero-order chi connectivity index (χ0) is 26.7. The third-order valence-corrected chi connectivity index (χ3v) is 7.08. The first-order valence-corrected chi connectivity index (χ1v) is 13.6. The summed E-state index contributed by atoms with van der Waals surface area (Å²) in [6.45, 7) is 3.80. The second-order valence-electron chi connectivity index (χ2n) is 10.3. The average Bonchev–Trinajstić information content (AvgIpc) is 3.93. The second-order valence-corrected chi connectivity index (χ2v) is 10.3. The van der Waals surface area contributed by atoms with Crippen LogP contribution in [-0.2, 0) is 22.7 Å². The molecule has 5 aromatic carbocycles. The van der Waals surface area contributed by atoms with Gasteiger partial charge in [-0.1, -0.05) is 48.5 Å². The molecule has 0 aliphatic carbocycles. The highest BCUT2D eigenvalue weighted by atomic mass is 16.6. The topological polar surface area (TPSA) is 62.0 Å². The van der Waals surface area contributed by atoms with Crippen molar-refractivity contribution in [1.82, 2.24) is 0 Å². The summed E-state index contributed by atoms with van der Waals surface area (Å²) in [6.07, 6.45) is 0.501. The number of fused-ring (bicyclic) bond motifs is 2. The molecule has 7 rings (SSSR count). The first-order valence-electron chi connectivity index (χ1n) is 13.6. The number of benzene rings is 5. The quantitative estimate of drug-likeness (QED) is 0.166. The fraction of sp³-hybridized carbons (Fsp3) is 0.235. The van der Waals surface area contributed by atoms with Gasteiger partial charge in [0.2, 0.25) is 0 Å². The lowest BCUT2D eigenvalue weighted by molar-refractivity contribution is 0.263. The third kappa shape index (κ3) is 6.30. The number of hydrogen-bond acceptors (Lipinski definition) is 6. The van der Waals surface area contributed by atoms with Crippen LogP contribution in [0.4, 0.5) is 0 Å². The maximum Gasteiger partial charge on any atom is 0.120 e. The van der Waals surface area contributed by atoms with Gasteiger partial charge in [-0.25, -0.2) is 0 Å². The van der Waals surface area contributed by atoms with Crippen molar-refractivity contribution >= 4 is 21.5 Å². The maximum atomic E-state index is 6.07. The molecule has 5 aromatic rings. The Balaban J connectivity index is 0.910. The molecule has 202 valence electrons. The number of hydrogen-bond donors (Lipinski definition) is 0. The molecule has 40 heavy (non-hydrogen) atoms. The molecule has 2 fully saturated rings. The molecule has 2 aliphatic heterocycles. The smallest absolute Gasteiger partial charge is 0.120 e. The van der Waals surface area contributed by atoms with E-state index < -0.39 is 0 Å². The number of ether oxygens (including phenoxy) is 6. The number of epoxide rings is 2. The van der Waals surface area contributed by atoms with Crippen LogP contribution in [0.1, 0.15) is 11.1 Å². The van der Waals surface area contributed by atoms with Crippen molar-refractivity contribution < 1.29 is 28.4 Å². The van der Waals surface area contributed by atoms with E-state index in [1.807, 2.05) is 24.3 Å². The van der Waals surface area contributed by atoms with Crippen molar-refractivity contribution in [3.05, 3.63) is 108 Å². The van der Waals surface area contributed by atoms with Crippen LogP contribution in [0.2, 0.25) is 0 Å². The Kier molecular flexibility index (Phi) is 6.86. The van der Waals surface area contributed by atoms with Crippen LogP contribution in [0.25, 0.3) is 21.5 Å². The second kappa shape index (κ2) is 11.1. The van der Waals surface area contributed by atoms with Gasteiger partial charge in [-0.05, 0) is 81.2 Å². The number of rotatable bonds is 12. The Morgan fingerprint density at radius 3 is 1.10 bits per heavy atom. The molecule has 6 nitrogen and oxygen atoms in total. The van der Waals surface area contributed by atoms with Gasteiger partial charge in [-0.15, -0.1) is 0 Å². The van der Waals surface area contributed by atoms with E-state index in [1.165, 1.54) is 0 Å². The van der Waals surface area contributed by atoms with Crippen molar-refractivity contribution in [2.45, 2.75) is 25.4 Å². The SMILES string of the molecule is c1cc(COc2ccc3cc(OCC4CO4)ccc3c2)ccc1COc1ccc2cc(OCC3CO3)ccc2c1. The molecule has 0 saturated carbocycles. The molecular weight excluding hydrogens is 504 g/mol. The van der Waals surface area contributed by atoms with Gasteiger partial charge in [0.1, 0.15) is 61.6 Å². The highest BCUT2D eigenvalue weighted by Gasteiger charge is 2.23. The molecule has 2 heterocycles. The van der Waals surface area contributed by atoms with Gasteiger partial charge in [0.05, 0.1) is 13.2 Å². The molecule has 6 heteroatoms. The summed E-state index contributed by atoms with van der Waals surface area (Å²) in [7, 11) is 0. The molecule has 2 unspecified atom stereocenters. The molecule has 2 saturated heterocycles. The van der Waals surface area contributed by atoms with Gasteiger partial charge >= 0.3 is 0 Å². The maximum absolute atomic E-state index is 6.07. The van der Waals surface area contributed by atoms with Crippen LogP contribution in [-0.4, -0.2) is 38.6 Å². The standard InChI is InChI=1S/C34H30O6/c1-2-24(18-36-30-10-6-28-16-32(12-8-26(28)14-30)38-20-34-22-40-34)4-3-23(1)17-35-29-9-5-27-15-31(11-7-25(27)13-29)37-19-33-21-39-33/h1-16,33-34H,17-22H2. The van der Waals surface area contributed by atoms with Crippen LogP contribution < -0.4 is 18.9 Å². The van der Waals surface area contributed by atoms with Gasteiger partial charge in [0, 0.05) is 0 Å². The highest BCUT2D eigenvalue weighted by Crippen LogP contribution is 2.28. The summed E-state index contributed by atoms with van der Waals surface area (Å²) in [5.74, 6) is 3.40. The van der Waals surface area contributed by atoms with E-state index >= 15 is 0 Å². The lowest BCUT2D eigenvalue weighted by Crippen LogP contribution is -2.03. The largest absolute Gasteiger partial charge is 0.491 e. The van der Waals surface area contributed by atoms with E-state index in [4.69, 9.17) is 28.4 Å². The van der Waals surface area contributed by atoms with Crippen molar-refractivity contribution in [2.24, 2.45) is 0 Å². The van der Waals surface area contributed by atoms with Crippen molar-refractivity contribution in [1.29, 1.82) is 0 Å². The molecule has 2 aliphatic rings. The molecule has 0 bridgehead atoms. The first-order chi connectivity index (χ1) is 19.7. The fourth-order valence-corrected chi connectivity index (χ4v) is 4.53. The van der Waals surface area contributed by atoms with Crippen LogP contribution in [0.5, 0.6) is 23.0 Å². The summed E-state index contributed by atoms with van der Waals surface area (Å²) in [5.41, 5.74) is 2.21. The minimum absolute atomic E-state index is 0.251. The lowest BCUT2D eigenvalue weighted by Gasteiger charge is -2.11. The first kappa shape index (κ1) is 24.8. The van der Waals surface area contributed by atoms with Gasteiger partial charge in [0.25, 0.3) is 0 Å². The minimum atomic E-state index is 0.251. The van der Waals surface area contributed by atoms with Crippen LogP contribution in [0.15, 0.2) is 97.1 Å². The van der Waals surface area contributed by atoms with E-state index in [1.54, 1.807) is 0 Å². The Hall–Kier alpha value is -4.26. The van der Waals surface area contributed by atoms with Crippen LogP contribution >= 0.6 is 0 Å². The normalized spacial score (nSPS) is 17.5. The van der Waals surface area contributed by atoms with E-state index in [9.17, 15) is 0 Å². The Morgan fingerprint density at radius 2 is 0.775 bits per heavy atom. The van der Waals surface area contributed by atoms with Gasteiger partial charge < -0.3 is 28.4 Å². The summed E-state index contributed by atoms with van der Waals surface area (Å²) in [4.78, 5) is 0. The predicted molar refractivity (Wildman–Crippen MR) is 153 cm³/mol. The Labute approximate surface area is 232 Å². The highest BCUT2D eigenvalue weighted by molar-refractivity contribution is 5.86. The molecule has 0 N–H and O–H groups in total. The third-order valence-electron chi connectivity index (χ3n) is 7.08. The minimum Gasteiger partial charge on any atom is -0.491 e. The fourth-order valence-electron chi connectivity index (χ4n) is 4.53. The molecule has 0 radical (unpaired) electrons. The van der Waals surface area contributed by atoms with E-state index in [2.05, 4.69) is 72.8 Å². The zero-order valence-corrected chi connectivity index (χ0v) is 22.1. The molecule has 2 atom stereocenters. The van der Waals surface area contributed by atoms with Crippen LogP contribution in [0.3, 0.4) is 0 Å². The van der Waals surface area contributed by atoms with E-state index in [0.717, 1.165) is 68.9 Å². The van der Waals surface area contributed by atoms with Crippen molar-refractivity contribution in [3.63, 3.8) is 0 Å².